The summed E-state index contributed by atoms with van der Waals surface area (Å²) in [5.41, 5.74) is 2.37. The summed E-state index contributed by atoms with van der Waals surface area (Å²) < 4.78 is 42.5. The molecule has 1 saturated heterocycles. The average molecular weight is 350 g/mol. The number of halogens is 3. The standard InChI is InChI=1S/C19H21F3N2O/c1-4-12-9-10-13-7-5-6-8-14(13)16(12)17(19(20,21)22)24-18(2,3)11-15(25)23-24/h5-10,17H,4,11H2,1-3H3,(H,23,25). The van der Waals surface area contributed by atoms with Gasteiger partial charge in [0.25, 0.3) is 0 Å². The van der Waals surface area contributed by atoms with Crippen molar-refractivity contribution in [3.05, 3.63) is 47.5 Å². The number of fused-ring (bicyclic) bond motifs is 1. The van der Waals surface area contributed by atoms with Gasteiger partial charge in [0, 0.05) is 12.0 Å². The Balaban J connectivity index is 2.28. The Labute approximate surface area is 144 Å². The summed E-state index contributed by atoms with van der Waals surface area (Å²) in [6.45, 7) is 5.15. The third-order valence-electron chi connectivity index (χ3n) is 4.77. The van der Waals surface area contributed by atoms with Gasteiger partial charge in [-0.1, -0.05) is 43.3 Å². The van der Waals surface area contributed by atoms with Gasteiger partial charge >= 0.3 is 6.18 Å². The second-order valence-corrected chi connectivity index (χ2v) is 7.05. The fourth-order valence-electron chi connectivity index (χ4n) is 3.63. The van der Waals surface area contributed by atoms with E-state index in [2.05, 4.69) is 5.43 Å². The highest BCUT2D eigenvalue weighted by Gasteiger charge is 2.53. The molecule has 1 atom stereocenters. The van der Waals surface area contributed by atoms with Crippen molar-refractivity contribution in [2.75, 3.05) is 0 Å². The first-order valence-corrected chi connectivity index (χ1v) is 8.31. The van der Waals surface area contributed by atoms with Crippen molar-refractivity contribution in [1.82, 2.24) is 10.4 Å². The van der Waals surface area contributed by atoms with Crippen LogP contribution in [-0.2, 0) is 11.2 Å². The van der Waals surface area contributed by atoms with E-state index in [9.17, 15) is 18.0 Å². The lowest BCUT2D eigenvalue weighted by molar-refractivity contribution is -0.203. The van der Waals surface area contributed by atoms with Gasteiger partial charge in [0.1, 0.15) is 0 Å². The predicted octanol–water partition coefficient (Wildman–Crippen LogP) is 4.52. The molecule has 1 heterocycles. The zero-order chi connectivity index (χ0) is 18.4. The number of carbonyl (C=O) groups is 1. The lowest BCUT2D eigenvalue weighted by Gasteiger charge is -2.39. The van der Waals surface area contributed by atoms with Crippen molar-refractivity contribution < 1.29 is 18.0 Å². The zero-order valence-corrected chi connectivity index (χ0v) is 14.4. The molecule has 0 spiro atoms. The molecule has 134 valence electrons. The van der Waals surface area contributed by atoms with E-state index in [-0.39, 0.29) is 12.0 Å². The van der Waals surface area contributed by atoms with Crippen molar-refractivity contribution in [2.45, 2.75) is 51.4 Å². The summed E-state index contributed by atoms with van der Waals surface area (Å²) in [4.78, 5) is 11.8. The fourth-order valence-corrected chi connectivity index (χ4v) is 3.63. The van der Waals surface area contributed by atoms with Crippen LogP contribution in [0.2, 0.25) is 0 Å². The van der Waals surface area contributed by atoms with Crippen molar-refractivity contribution >= 4 is 16.7 Å². The number of amides is 1. The van der Waals surface area contributed by atoms with Crippen LogP contribution in [0.4, 0.5) is 13.2 Å². The highest BCUT2D eigenvalue weighted by Crippen LogP contribution is 2.46. The van der Waals surface area contributed by atoms with Crippen molar-refractivity contribution in [1.29, 1.82) is 0 Å². The summed E-state index contributed by atoms with van der Waals surface area (Å²) in [7, 11) is 0. The van der Waals surface area contributed by atoms with Crippen molar-refractivity contribution in [3.8, 4) is 0 Å². The smallest absolute Gasteiger partial charge is 0.287 e. The van der Waals surface area contributed by atoms with Gasteiger partial charge in [0.05, 0.1) is 0 Å². The maximum atomic E-state index is 14.2. The number of benzene rings is 2. The van der Waals surface area contributed by atoms with E-state index in [1.165, 1.54) is 0 Å². The molecule has 3 nitrogen and oxygen atoms in total. The number of aryl methyl sites for hydroxylation is 1. The average Bonchev–Trinajstić information content (AvgIpc) is 2.78. The summed E-state index contributed by atoms with van der Waals surface area (Å²) in [6.07, 6.45) is -4.01. The van der Waals surface area contributed by atoms with Crippen LogP contribution in [0.25, 0.3) is 10.8 Å². The highest BCUT2D eigenvalue weighted by molar-refractivity contribution is 5.87. The van der Waals surface area contributed by atoms with Crippen LogP contribution in [0.3, 0.4) is 0 Å². The van der Waals surface area contributed by atoms with Crippen LogP contribution in [-0.4, -0.2) is 22.6 Å². The summed E-state index contributed by atoms with van der Waals surface area (Å²) >= 11 is 0. The molecule has 1 aliphatic heterocycles. The number of carbonyl (C=O) groups excluding carboxylic acids is 1. The normalized spacial score (nSPS) is 19.2. The molecule has 1 aliphatic rings. The minimum atomic E-state index is -4.52. The minimum absolute atomic E-state index is 0.0335. The molecule has 3 rings (SSSR count). The predicted molar refractivity (Wildman–Crippen MR) is 90.8 cm³/mol. The van der Waals surface area contributed by atoms with Crippen LogP contribution in [0.5, 0.6) is 0 Å². The van der Waals surface area contributed by atoms with Gasteiger partial charge in [-0.15, -0.1) is 0 Å². The molecule has 0 aromatic heterocycles. The molecule has 25 heavy (non-hydrogen) atoms. The van der Waals surface area contributed by atoms with E-state index < -0.39 is 23.7 Å². The Bertz CT molecular complexity index is 814. The number of hydrazine groups is 1. The molecule has 1 amide bonds. The maximum absolute atomic E-state index is 14.2. The third kappa shape index (κ3) is 3.11. The molecular formula is C19H21F3N2O. The minimum Gasteiger partial charge on any atom is -0.287 e. The van der Waals surface area contributed by atoms with Gasteiger partial charge in [-0.2, -0.15) is 18.2 Å². The lowest BCUT2D eigenvalue weighted by atomic mass is 9.89. The molecule has 2 aromatic carbocycles. The van der Waals surface area contributed by atoms with Gasteiger partial charge in [-0.05, 0) is 42.2 Å². The second-order valence-electron chi connectivity index (χ2n) is 7.05. The number of alkyl halides is 3. The first kappa shape index (κ1) is 17.7. The van der Waals surface area contributed by atoms with E-state index in [0.29, 0.717) is 17.4 Å². The highest BCUT2D eigenvalue weighted by atomic mass is 19.4. The molecule has 0 saturated carbocycles. The van der Waals surface area contributed by atoms with E-state index in [1.807, 2.05) is 19.1 Å². The van der Waals surface area contributed by atoms with Crippen molar-refractivity contribution in [3.63, 3.8) is 0 Å². The fraction of sp³-hybridized carbons (Fsp3) is 0.421. The largest absolute Gasteiger partial charge is 0.409 e. The molecule has 1 unspecified atom stereocenters. The first-order chi connectivity index (χ1) is 11.6. The molecule has 2 aromatic rings. The number of rotatable bonds is 3. The molecule has 0 aliphatic carbocycles. The van der Waals surface area contributed by atoms with E-state index in [1.54, 1.807) is 38.1 Å². The van der Waals surface area contributed by atoms with Crippen LogP contribution in [0.15, 0.2) is 36.4 Å². The molecule has 6 heteroatoms. The summed E-state index contributed by atoms with van der Waals surface area (Å²) in [5.74, 6) is -0.391. The van der Waals surface area contributed by atoms with Crippen LogP contribution >= 0.6 is 0 Å². The van der Waals surface area contributed by atoms with Crippen LogP contribution in [0.1, 0.15) is 44.4 Å². The summed E-state index contributed by atoms with van der Waals surface area (Å²) in [6, 6.07) is 8.77. The van der Waals surface area contributed by atoms with Gasteiger partial charge in [0.15, 0.2) is 6.04 Å². The van der Waals surface area contributed by atoms with Crippen LogP contribution in [0, 0.1) is 0 Å². The van der Waals surface area contributed by atoms with E-state index >= 15 is 0 Å². The van der Waals surface area contributed by atoms with Gasteiger partial charge < -0.3 is 0 Å². The molecular weight excluding hydrogens is 329 g/mol. The number of hydrogen-bond donors (Lipinski definition) is 1. The molecule has 1 fully saturated rings. The molecule has 0 bridgehead atoms. The van der Waals surface area contributed by atoms with Crippen molar-refractivity contribution in [2.24, 2.45) is 0 Å². The maximum Gasteiger partial charge on any atom is 0.409 e. The number of nitrogens with one attached hydrogen (secondary N) is 1. The first-order valence-electron chi connectivity index (χ1n) is 8.31. The number of hydrogen-bond acceptors (Lipinski definition) is 2. The number of nitrogens with zero attached hydrogens (tertiary/aromatic N) is 1. The second kappa shape index (κ2) is 6.02. The Morgan fingerprint density at radius 3 is 2.44 bits per heavy atom. The van der Waals surface area contributed by atoms with Crippen LogP contribution < -0.4 is 5.43 Å². The quantitative estimate of drug-likeness (QED) is 0.883. The van der Waals surface area contributed by atoms with Gasteiger partial charge in [-0.3, -0.25) is 10.2 Å². The topological polar surface area (TPSA) is 32.3 Å². The Morgan fingerprint density at radius 2 is 1.88 bits per heavy atom. The lowest BCUT2D eigenvalue weighted by Crippen LogP contribution is -2.51. The monoisotopic (exact) mass is 350 g/mol. The summed E-state index contributed by atoms with van der Waals surface area (Å²) in [5, 5.41) is 2.41. The Hall–Kier alpha value is -2.08. The SMILES string of the molecule is CCc1ccc2ccccc2c1C(N1NC(=O)CC1(C)C)C(F)(F)F. The Kier molecular flexibility index (Phi) is 4.27. The molecule has 1 N–H and O–H groups in total. The van der Waals surface area contributed by atoms with Gasteiger partial charge in [0.2, 0.25) is 5.91 Å². The third-order valence-corrected chi connectivity index (χ3v) is 4.77. The Morgan fingerprint density at radius 1 is 1.20 bits per heavy atom. The molecule has 0 radical (unpaired) electrons. The zero-order valence-electron chi connectivity index (χ0n) is 14.4. The van der Waals surface area contributed by atoms with Gasteiger partial charge in [-0.25, -0.2) is 0 Å². The van der Waals surface area contributed by atoms with E-state index in [0.717, 1.165) is 10.4 Å². The van der Waals surface area contributed by atoms with E-state index in [4.69, 9.17) is 0 Å².